The lowest BCUT2D eigenvalue weighted by atomic mass is 9.82. The van der Waals surface area contributed by atoms with Gasteiger partial charge in [0, 0.05) is 36.3 Å². The molecule has 1 aromatic rings. The van der Waals surface area contributed by atoms with Crippen molar-refractivity contribution in [2.75, 3.05) is 43.2 Å². The number of benzene rings is 1. The highest BCUT2D eigenvalue weighted by Crippen LogP contribution is 2.60. The van der Waals surface area contributed by atoms with Crippen molar-refractivity contribution in [3.63, 3.8) is 0 Å². The van der Waals surface area contributed by atoms with Crippen LogP contribution in [-0.4, -0.2) is 81.8 Å². The third kappa shape index (κ3) is 3.66. The molecule has 0 aliphatic carbocycles. The number of halogens is 1. The Kier molecular flexibility index (Phi) is 6.16. The van der Waals surface area contributed by atoms with Gasteiger partial charge in [0.05, 0.1) is 37.4 Å². The Bertz CT molecular complexity index is 1100. The lowest BCUT2D eigenvalue weighted by Crippen LogP contribution is -2.44. The molecule has 11 heteroatoms. The van der Waals surface area contributed by atoms with Crippen LogP contribution in [0.3, 0.4) is 0 Å². The van der Waals surface area contributed by atoms with Crippen LogP contribution in [0.5, 0.6) is 0 Å². The van der Waals surface area contributed by atoms with E-state index in [1.807, 2.05) is 6.92 Å². The number of amides is 3. The number of aliphatic hydroxyl groups excluding tert-OH is 1. The highest BCUT2D eigenvalue weighted by atomic mass is 28.4. The van der Waals surface area contributed by atoms with Crippen LogP contribution in [0, 0.1) is 5.92 Å². The number of likely N-dealkylation sites (N-methyl/N-ethyl adjacent to an activating group) is 1. The molecule has 5 atom stereocenters. The van der Waals surface area contributed by atoms with Crippen molar-refractivity contribution >= 4 is 37.7 Å². The van der Waals surface area contributed by atoms with Gasteiger partial charge in [-0.3, -0.25) is 14.5 Å². The molecule has 0 unspecified atom stereocenters. The minimum absolute atomic E-state index is 0.0436. The molecule has 3 amide bonds. The van der Waals surface area contributed by atoms with Gasteiger partial charge in [-0.2, -0.15) is 0 Å². The maximum atomic E-state index is 15.9. The van der Waals surface area contributed by atoms with E-state index in [2.05, 4.69) is 0 Å². The number of hydrogen-bond acceptors (Lipinski definition) is 6. The van der Waals surface area contributed by atoms with Crippen LogP contribution in [0.1, 0.15) is 31.7 Å². The summed E-state index contributed by atoms with van der Waals surface area (Å²) in [5.41, 5.74) is -0.221. The zero-order chi connectivity index (χ0) is 26.0. The maximum Gasteiger partial charge on any atom is 0.414 e. The van der Waals surface area contributed by atoms with Crippen molar-refractivity contribution in [1.82, 2.24) is 4.90 Å². The number of anilines is 2. The van der Waals surface area contributed by atoms with Crippen molar-refractivity contribution < 1.29 is 33.1 Å². The van der Waals surface area contributed by atoms with E-state index in [0.717, 1.165) is 12.8 Å². The van der Waals surface area contributed by atoms with Gasteiger partial charge in [0.15, 0.2) is 5.60 Å². The van der Waals surface area contributed by atoms with E-state index < -0.39 is 37.7 Å². The van der Waals surface area contributed by atoms with Crippen LogP contribution >= 0.6 is 0 Å². The van der Waals surface area contributed by atoms with Gasteiger partial charge < -0.3 is 28.5 Å². The molecule has 4 aliphatic heterocycles. The Labute approximate surface area is 211 Å². The number of likely N-dealkylation sites (tertiary alicyclic amines) is 1. The van der Waals surface area contributed by atoms with Crippen molar-refractivity contribution in [3.05, 3.63) is 23.8 Å². The third-order valence-electron chi connectivity index (χ3n) is 8.43. The first-order valence-electron chi connectivity index (χ1n) is 12.6. The molecule has 4 heterocycles. The summed E-state index contributed by atoms with van der Waals surface area (Å²) >= 11 is 0. The fraction of sp³-hybridized carbons (Fsp3) is 0.640. The van der Waals surface area contributed by atoms with E-state index in [1.165, 1.54) is 9.80 Å². The highest BCUT2D eigenvalue weighted by molar-refractivity contribution is 6.72. The van der Waals surface area contributed by atoms with Crippen LogP contribution in [-0.2, 0) is 24.7 Å². The minimum atomic E-state index is -3.40. The zero-order valence-corrected chi connectivity index (χ0v) is 22.2. The Morgan fingerprint density at radius 1 is 1.28 bits per heavy atom. The lowest BCUT2D eigenvalue weighted by Gasteiger charge is -2.31. The molecule has 1 aromatic carbocycles. The average Bonchev–Trinajstić information content (AvgIpc) is 3.57. The number of ether oxygens (including phenoxy) is 2. The molecule has 3 fully saturated rings. The second-order valence-electron chi connectivity index (χ2n) is 10.9. The summed E-state index contributed by atoms with van der Waals surface area (Å²) in [4.78, 5) is 44.0. The second-order valence-corrected chi connectivity index (χ2v) is 14.7. The van der Waals surface area contributed by atoms with Gasteiger partial charge >= 0.3 is 6.09 Å². The summed E-state index contributed by atoms with van der Waals surface area (Å²) in [7, 11) is -1.73. The SMILES string of the molecule is C[C@H]1[C@H]([Si](C)(C)F)[C@@H](CC(=O)N2CCC[C@H]2CO)O[C@]12C(=O)N(C)c1ccc(N3CCOC3=O)cc12. The van der Waals surface area contributed by atoms with E-state index in [1.54, 1.807) is 43.2 Å². The molecule has 196 valence electrons. The van der Waals surface area contributed by atoms with Crippen molar-refractivity contribution in [3.8, 4) is 0 Å². The number of carbonyl (C=O) groups is 3. The molecule has 5 rings (SSSR count). The monoisotopic (exact) mass is 519 g/mol. The number of cyclic esters (lactones) is 1. The largest absolute Gasteiger partial charge is 0.447 e. The van der Waals surface area contributed by atoms with Crippen molar-refractivity contribution in [2.24, 2.45) is 5.92 Å². The van der Waals surface area contributed by atoms with Gasteiger partial charge in [-0.15, -0.1) is 0 Å². The summed E-state index contributed by atoms with van der Waals surface area (Å²) < 4.78 is 27.5. The molecular weight excluding hydrogens is 485 g/mol. The fourth-order valence-corrected chi connectivity index (χ4v) is 9.27. The van der Waals surface area contributed by atoms with E-state index in [9.17, 15) is 19.5 Å². The molecule has 0 aromatic heterocycles. The van der Waals surface area contributed by atoms with Crippen LogP contribution < -0.4 is 9.80 Å². The first kappa shape index (κ1) is 25.2. The molecule has 0 saturated carbocycles. The maximum absolute atomic E-state index is 15.9. The number of carbonyl (C=O) groups excluding carboxylic acids is 3. The third-order valence-corrected chi connectivity index (χ3v) is 10.9. The van der Waals surface area contributed by atoms with E-state index >= 15 is 4.11 Å². The van der Waals surface area contributed by atoms with Gasteiger partial charge in [-0.25, -0.2) is 4.79 Å². The second kappa shape index (κ2) is 8.81. The van der Waals surface area contributed by atoms with Gasteiger partial charge in [-0.1, -0.05) is 6.92 Å². The molecular formula is C25H34FN3O6Si. The van der Waals surface area contributed by atoms with Crippen LogP contribution in [0.15, 0.2) is 18.2 Å². The van der Waals surface area contributed by atoms with Crippen LogP contribution in [0.25, 0.3) is 0 Å². The van der Waals surface area contributed by atoms with Gasteiger partial charge in [0.25, 0.3) is 5.91 Å². The molecule has 3 saturated heterocycles. The van der Waals surface area contributed by atoms with Gasteiger partial charge in [-0.05, 0) is 44.1 Å². The first-order valence-corrected chi connectivity index (χ1v) is 15.6. The standard InChI is InChI=1S/C25H34FN3O6Si/c1-15-22(36(3,4)26)20(13-21(31)28-9-5-6-17(28)14-30)35-25(15)18-12-16(29-10-11-34-24(29)33)7-8-19(18)27(2)23(25)32/h7-8,12,15,17,20,22,30H,5-6,9-11,13-14H2,1-4H3/t15-,17-,20+,22-,25+/m0/s1. The first-order chi connectivity index (χ1) is 17.0. The molecule has 0 bridgehead atoms. The minimum Gasteiger partial charge on any atom is -0.447 e. The Hall–Kier alpha value is -2.50. The van der Waals surface area contributed by atoms with E-state index in [4.69, 9.17) is 9.47 Å². The number of fused-ring (bicyclic) bond motifs is 2. The molecule has 4 aliphatic rings. The van der Waals surface area contributed by atoms with Crippen molar-refractivity contribution in [1.29, 1.82) is 0 Å². The highest BCUT2D eigenvalue weighted by Gasteiger charge is 2.66. The summed E-state index contributed by atoms with van der Waals surface area (Å²) in [6, 6.07) is 5.08. The molecule has 36 heavy (non-hydrogen) atoms. The van der Waals surface area contributed by atoms with Crippen LogP contribution in [0.2, 0.25) is 18.6 Å². The zero-order valence-electron chi connectivity index (χ0n) is 21.2. The summed E-state index contributed by atoms with van der Waals surface area (Å²) in [6.45, 7) is 6.17. The van der Waals surface area contributed by atoms with Gasteiger partial charge in [0.1, 0.15) is 6.61 Å². The molecule has 9 nitrogen and oxygen atoms in total. The Balaban J connectivity index is 1.54. The summed E-state index contributed by atoms with van der Waals surface area (Å²) in [5, 5.41) is 9.68. The number of aliphatic hydroxyl groups is 1. The normalized spacial score (nSPS) is 32.1. The quantitative estimate of drug-likeness (QED) is 0.475. The van der Waals surface area contributed by atoms with Crippen molar-refractivity contribution in [2.45, 2.75) is 62.6 Å². The van der Waals surface area contributed by atoms with E-state index in [0.29, 0.717) is 30.0 Å². The average molecular weight is 520 g/mol. The molecule has 0 radical (unpaired) electrons. The molecule has 1 spiro atoms. The summed E-state index contributed by atoms with van der Waals surface area (Å²) in [5.74, 6) is -0.999. The Morgan fingerprint density at radius 3 is 2.67 bits per heavy atom. The van der Waals surface area contributed by atoms with E-state index in [-0.39, 0.29) is 37.5 Å². The summed E-state index contributed by atoms with van der Waals surface area (Å²) in [6.07, 6.45) is 0.276. The fourth-order valence-electron chi connectivity index (χ4n) is 6.78. The Morgan fingerprint density at radius 2 is 2.03 bits per heavy atom. The number of rotatable bonds is 5. The van der Waals surface area contributed by atoms with Gasteiger partial charge in [0.2, 0.25) is 14.3 Å². The smallest absolute Gasteiger partial charge is 0.414 e. The topological polar surface area (TPSA) is 99.6 Å². The number of hydrogen-bond donors (Lipinski definition) is 1. The predicted octanol–water partition coefficient (Wildman–Crippen LogP) is 2.77. The van der Waals surface area contributed by atoms with Crippen LogP contribution in [0.4, 0.5) is 20.3 Å². The lowest BCUT2D eigenvalue weighted by molar-refractivity contribution is -0.149. The predicted molar refractivity (Wildman–Crippen MR) is 133 cm³/mol. The number of nitrogens with zero attached hydrogens (tertiary/aromatic N) is 3. The molecule has 1 N–H and O–H groups in total.